The van der Waals surface area contributed by atoms with Crippen LogP contribution in [0.5, 0.6) is 0 Å². The Kier molecular flexibility index (Phi) is 5.01. The minimum absolute atomic E-state index is 0.0192. The highest BCUT2D eigenvalue weighted by Crippen LogP contribution is 2.28. The standard InChI is InChI=1S/C13H19N3O2S/c1-19-8-9-2-4-10(5-3-9)16-12-7-14-11(6-15-12)13(17)18/h6-7,9-10H,2-5,8H2,1H3,(H,15,16)(H,17,18). The lowest BCUT2D eigenvalue weighted by Gasteiger charge is -2.28. The molecule has 2 rings (SSSR count). The first-order chi connectivity index (χ1) is 9.19. The SMILES string of the molecule is CSCC1CCC(Nc2cnc(C(=O)O)cn2)CC1. The van der Waals surface area contributed by atoms with E-state index < -0.39 is 5.97 Å². The third-order valence-corrected chi connectivity index (χ3v) is 4.28. The summed E-state index contributed by atoms with van der Waals surface area (Å²) in [4.78, 5) is 18.6. The molecule has 2 N–H and O–H groups in total. The number of hydrogen-bond donors (Lipinski definition) is 2. The summed E-state index contributed by atoms with van der Waals surface area (Å²) in [5.74, 6) is 1.71. The number of anilines is 1. The Balaban J connectivity index is 1.83. The van der Waals surface area contributed by atoms with Crippen LogP contribution in [-0.4, -0.2) is 39.1 Å². The largest absolute Gasteiger partial charge is 0.476 e. The van der Waals surface area contributed by atoms with Crippen LogP contribution in [-0.2, 0) is 0 Å². The van der Waals surface area contributed by atoms with Gasteiger partial charge in [-0.1, -0.05) is 0 Å². The summed E-state index contributed by atoms with van der Waals surface area (Å²) < 4.78 is 0. The zero-order valence-corrected chi connectivity index (χ0v) is 11.8. The van der Waals surface area contributed by atoms with Gasteiger partial charge in [0.15, 0.2) is 5.69 Å². The van der Waals surface area contributed by atoms with Gasteiger partial charge in [-0.15, -0.1) is 0 Å². The van der Waals surface area contributed by atoms with Crippen molar-refractivity contribution in [3.8, 4) is 0 Å². The Morgan fingerprint density at radius 2 is 2.11 bits per heavy atom. The van der Waals surface area contributed by atoms with Gasteiger partial charge in [0.2, 0.25) is 0 Å². The molecule has 6 heteroatoms. The summed E-state index contributed by atoms with van der Waals surface area (Å²) in [7, 11) is 0. The molecule has 1 aromatic heterocycles. The molecule has 5 nitrogen and oxygen atoms in total. The summed E-state index contributed by atoms with van der Waals surface area (Å²) in [6.45, 7) is 0. The number of rotatable bonds is 5. The summed E-state index contributed by atoms with van der Waals surface area (Å²) in [6, 6.07) is 0.433. The maximum absolute atomic E-state index is 10.7. The van der Waals surface area contributed by atoms with Crippen LogP contribution in [0.1, 0.15) is 36.2 Å². The normalized spacial score (nSPS) is 23.0. The molecule has 0 saturated heterocycles. The molecule has 0 aromatic carbocycles. The average Bonchev–Trinajstić information content (AvgIpc) is 2.42. The van der Waals surface area contributed by atoms with E-state index in [1.807, 2.05) is 11.8 Å². The number of nitrogens with zero attached hydrogens (tertiary/aromatic N) is 2. The van der Waals surface area contributed by atoms with Crippen molar-refractivity contribution >= 4 is 23.5 Å². The molecule has 1 aromatic rings. The number of aromatic nitrogens is 2. The molecule has 0 amide bonds. The third-order valence-electron chi connectivity index (χ3n) is 3.47. The zero-order chi connectivity index (χ0) is 13.7. The van der Waals surface area contributed by atoms with Gasteiger partial charge in [-0.25, -0.2) is 14.8 Å². The highest BCUT2D eigenvalue weighted by molar-refractivity contribution is 7.98. The smallest absolute Gasteiger partial charge is 0.356 e. The van der Waals surface area contributed by atoms with Crippen LogP contribution in [0.2, 0.25) is 0 Å². The molecule has 19 heavy (non-hydrogen) atoms. The van der Waals surface area contributed by atoms with E-state index in [0.29, 0.717) is 11.9 Å². The molecule has 1 saturated carbocycles. The number of carboxylic acids is 1. The van der Waals surface area contributed by atoms with Crippen LogP contribution >= 0.6 is 11.8 Å². The summed E-state index contributed by atoms with van der Waals surface area (Å²) >= 11 is 1.92. The monoisotopic (exact) mass is 281 g/mol. The lowest BCUT2D eigenvalue weighted by molar-refractivity contribution is 0.0690. The van der Waals surface area contributed by atoms with Gasteiger partial charge in [-0.05, 0) is 43.6 Å². The fourth-order valence-electron chi connectivity index (χ4n) is 2.43. The van der Waals surface area contributed by atoms with Crippen LogP contribution in [0, 0.1) is 5.92 Å². The van der Waals surface area contributed by atoms with Crippen molar-refractivity contribution in [2.45, 2.75) is 31.7 Å². The number of thioether (sulfide) groups is 1. The maximum atomic E-state index is 10.7. The predicted octanol–water partition coefficient (Wildman–Crippen LogP) is 2.51. The van der Waals surface area contributed by atoms with E-state index in [-0.39, 0.29) is 5.69 Å². The van der Waals surface area contributed by atoms with Crippen LogP contribution in [0.15, 0.2) is 12.4 Å². The number of carbonyl (C=O) groups is 1. The van der Waals surface area contributed by atoms with E-state index in [1.165, 1.54) is 31.0 Å². The molecule has 0 radical (unpaired) electrons. The van der Waals surface area contributed by atoms with Crippen LogP contribution < -0.4 is 5.32 Å². The Hall–Kier alpha value is -1.30. The third kappa shape index (κ3) is 4.09. The van der Waals surface area contributed by atoms with Crippen molar-refractivity contribution < 1.29 is 9.90 Å². The number of carboxylic acid groups (broad SMARTS) is 1. The minimum atomic E-state index is -1.04. The molecule has 0 spiro atoms. The summed E-state index contributed by atoms with van der Waals surface area (Å²) in [5, 5.41) is 12.1. The van der Waals surface area contributed by atoms with Crippen molar-refractivity contribution in [1.29, 1.82) is 0 Å². The summed E-state index contributed by atoms with van der Waals surface area (Å²) in [5.41, 5.74) is -0.0192. The highest BCUT2D eigenvalue weighted by Gasteiger charge is 2.21. The quantitative estimate of drug-likeness (QED) is 0.863. The van der Waals surface area contributed by atoms with E-state index in [0.717, 1.165) is 18.8 Å². The Morgan fingerprint density at radius 1 is 1.37 bits per heavy atom. The van der Waals surface area contributed by atoms with Crippen molar-refractivity contribution in [3.63, 3.8) is 0 Å². The van der Waals surface area contributed by atoms with Gasteiger partial charge in [-0.2, -0.15) is 11.8 Å². The van der Waals surface area contributed by atoms with Crippen LogP contribution in [0.4, 0.5) is 5.82 Å². The molecule has 0 unspecified atom stereocenters. The molecule has 0 aliphatic heterocycles. The van der Waals surface area contributed by atoms with Crippen LogP contribution in [0.25, 0.3) is 0 Å². The van der Waals surface area contributed by atoms with Gasteiger partial charge in [0.25, 0.3) is 0 Å². The second kappa shape index (κ2) is 6.75. The van der Waals surface area contributed by atoms with E-state index in [2.05, 4.69) is 21.5 Å². The zero-order valence-electron chi connectivity index (χ0n) is 11.0. The minimum Gasteiger partial charge on any atom is -0.476 e. The molecule has 0 atom stereocenters. The van der Waals surface area contributed by atoms with E-state index >= 15 is 0 Å². The molecular weight excluding hydrogens is 262 g/mol. The highest BCUT2D eigenvalue weighted by atomic mass is 32.2. The number of hydrogen-bond acceptors (Lipinski definition) is 5. The predicted molar refractivity (Wildman–Crippen MR) is 76.7 cm³/mol. The molecule has 1 aliphatic rings. The average molecular weight is 281 g/mol. The molecule has 1 fully saturated rings. The first kappa shape index (κ1) is 14.1. The Labute approximate surface area is 117 Å². The fraction of sp³-hybridized carbons (Fsp3) is 0.615. The molecule has 104 valence electrons. The summed E-state index contributed by atoms with van der Waals surface area (Å²) in [6.07, 6.45) is 9.74. The van der Waals surface area contributed by atoms with Gasteiger partial charge in [-0.3, -0.25) is 0 Å². The molecule has 1 aliphatic carbocycles. The van der Waals surface area contributed by atoms with Crippen molar-refractivity contribution in [2.75, 3.05) is 17.3 Å². The topological polar surface area (TPSA) is 75.1 Å². The molecular formula is C13H19N3O2S. The Bertz CT molecular complexity index is 416. The number of aromatic carboxylic acids is 1. The van der Waals surface area contributed by atoms with Crippen LogP contribution in [0.3, 0.4) is 0 Å². The second-order valence-electron chi connectivity index (χ2n) is 4.91. The van der Waals surface area contributed by atoms with E-state index in [1.54, 1.807) is 0 Å². The lowest BCUT2D eigenvalue weighted by atomic mass is 9.87. The Morgan fingerprint density at radius 3 is 2.63 bits per heavy atom. The van der Waals surface area contributed by atoms with Crippen molar-refractivity contribution in [2.24, 2.45) is 5.92 Å². The maximum Gasteiger partial charge on any atom is 0.356 e. The van der Waals surface area contributed by atoms with Crippen molar-refractivity contribution in [1.82, 2.24) is 9.97 Å². The van der Waals surface area contributed by atoms with Crippen molar-refractivity contribution in [3.05, 3.63) is 18.1 Å². The first-order valence-corrected chi connectivity index (χ1v) is 7.89. The van der Waals surface area contributed by atoms with E-state index in [9.17, 15) is 4.79 Å². The second-order valence-corrected chi connectivity index (χ2v) is 5.82. The van der Waals surface area contributed by atoms with E-state index in [4.69, 9.17) is 5.11 Å². The van der Waals surface area contributed by atoms with Gasteiger partial charge in [0.05, 0.1) is 12.4 Å². The fourth-order valence-corrected chi connectivity index (χ4v) is 3.24. The van der Waals surface area contributed by atoms with Gasteiger partial charge >= 0.3 is 5.97 Å². The van der Waals surface area contributed by atoms with Gasteiger partial charge in [0, 0.05) is 6.04 Å². The molecule has 0 bridgehead atoms. The number of nitrogens with one attached hydrogen (secondary N) is 1. The van der Waals surface area contributed by atoms with Gasteiger partial charge < -0.3 is 10.4 Å². The van der Waals surface area contributed by atoms with Gasteiger partial charge in [0.1, 0.15) is 5.82 Å². The lowest BCUT2D eigenvalue weighted by Crippen LogP contribution is -2.27. The first-order valence-electron chi connectivity index (χ1n) is 6.50. The molecule has 1 heterocycles.